The molecule has 0 aliphatic carbocycles. The summed E-state index contributed by atoms with van der Waals surface area (Å²) in [6.45, 7) is 5.80. The molecule has 1 atom stereocenters. The summed E-state index contributed by atoms with van der Waals surface area (Å²) in [5.41, 5.74) is 1.05. The lowest BCUT2D eigenvalue weighted by molar-refractivity contribution is 0.802. The Morgan fingerprint density at radius 1 is 1.50 bits per heavy atom. The monoisotopic (exact) mass is 205 g/mol. The molecule has 0 spiro atoms. The average molecular weight is 205 g/mol. The van der Waals surface area contributed by atoms with E-state index in [-0.39, 0.29) is 0 Å². The van der Waals surface area contributed by atoms with E-state index in [1.165, 1.54) is 0 Å². The van der Waals surface area contributed by atoms with Crippen molar-refractivity contribution in [2.75, 3.05) is 5.32 Å². The number of benzene rings is 1. The first-order valence-corrected chi connectivity index (χ1v) is 5.11. The maximum absolute atomic E-state index is 5.27. The molecule has 0 aliphatic rings. The van der Waals surface area contributed by atoms with Crippen LogP contribution in [0.5, 0.6) is 0 Å². The van der Waals surface area contributed by atoms with Crippen LogP contribution >= 0.6 is 12.2 Å². The molecule has 0 amide bonds. The van der Waals surface area contributed by atoms with Gasteiger partial charge in [0.1, 0.15) is 0 Å². The van der Waals surface area contributed by atoms with Crippen molar-refractivity contribution >= 4 is 22.9 Å². The van der Waals surface area contributed by atoms with E-state index >= 15 is 0 Å². The number of hydrogen-bond donors (Lipinski definition) is 1. The van der Waals surface area contributed by atoms with Crippen molar-refractivity contribution in [3.63, 3.8) is 0 Å². The van der Waals surface area contributed by atoms with Crippen molar-refractivity contribution in [3.05, 3.63) is 43.0 Å². The smallest absolute Gasteiger partial charge is 0.0828 e. The highest BCUT2D eigenvalue weighted by atomic mass is 32.1. The third-order valence-corrected chi connectivity index (χ3v) is 2.51. The summed E-state index contributed by atoms with van der Waals surface area (Å²) in [5, 5.41) is 3.21. The summed E-state index contributed by atoms with van der Waals surface area (Å²) in [7, 11) is 0. The molecule has 1 aromatic carbocycles. The Bertz CT molecular complexity index is 305. The first-order chi connectivity index (χ1) is 6.74. The second kappa shape index (κ2) is 5.55. The first kappa shape index (κ1) is 10.9. The van der Waals surface area contributed by atoms with Gasteiger partial charge in [-0.3, -0.25) is 0 Å². The van der Waals surface area contributed by atoms with E-state index in [4.69, 9.17) is 12.2 Å². The van der Waals surface area contributed by atoms with Gasteiger partial charge in [0.2, 0.25) is 0 Å². The highest BCUT2D eigenvalue weighted by molar-refractivity contribution is 7.80. The summed E-state index contributed by atoms with van der Waals surface area (Å²) in [4.78, 5) is 0.871. The Hall–Kier alpha value is -1.15. The van der Waals surface area contributed by atoms with Crippen molar-refractivity contribution in [1.29, 1.82) is 0 Å². The summed E-state index contributed by atoms with van der Waals surface area (Å²) < 4.78 is 0. The maximum atomic E-state index is 5.27. The molecule has 0 aliphatic heterocycles. The van der Waals surface area contributed by atoms with Crippen molar-refractivity contribution in [2.45, 2.75) is 13.3 Å². The van der Waals surface area contributed by atoms with Gasteiger partial charge in [0.25, 0.3) is 0 Å². The van der Waals surface area contributed by atoms with E-state index in [2.05, 4.69) is 18.8 Å². The SMILES string of the molecule is C=CCC(C)C(=S)Nc1ccccc1. The summed E-state index contributed by atoms with van der Waals surface area (Å²) >= 11 is 5.27. The van der Waals surface area contributed by atoms with Gasteiger partial charge in [0.15, 0.2) is 0 Å². The van der Waals surface area contributed by atoms with Crippen LogP contribution in [0, 0.1) is 5.92 Å². The van der Waals surface area contributed by atoms with Gasteiger partial charge in [-0.2, -0.15) is 0 Å². The largest absolute Gasteiger partial charge is 0.350 e. The number of anilines is 1. The molecule has 0 bridgehead atoms. The lowest BCUT2D eigenvalue weighted by atomic mass is 10.1. The van der Waals surface area contributed by atoms with E-state index in [0.29, 0.717) is 5.92 Å². The van der Waals surface area contributed by atoms with Crippen LogP contribution in [0.3, 0.4) is 0 Å². The van der Waals surface area contributed by atoms with Gasteiger partial charge in [-0.05, 0) is 18.6 Å². The van der Waals surface area contributed by atoms with Gasteiger partial charge < -0.3 is 5.32 Å². The zero-order chi connectivity index (χ0) is 10.4. The fraction of sp³-hybridized carbons (Fsp3) is 0.250. The Balaban J connectivity index is 2.53. The third-order valence-electron chi connectivity index (χ3n) is 2.01. The van der Waals surface area contributed by atoms with Crippen LogP contribution in [0.25, 0.3) is 0 Å². The molecule has 1 nitrogen and oxygen atoms in total. The molecule has 0 heterocycles. The number of allylic oxidation sites excluding steroid dienone is 1. The predicted octanol–water partition coefficient (Wildman–Crippen LogP) is 3.64. The van der Waals surface area contributed by atoms with Crippen LogP contribution in [-0.2, 0) is 0 Å². The standard InChI is InChI=1S/C12H15NS/c1-3-7-10(2)12(14)13-11-8-5-4-6-9-11/h3-6,8-10H,1,7H2,2H3,(H,13,14). The molecule has 0 saturated carbocycles. The molecule has 1 rings (SSSR count). The van der Waals surface area contributed by atoms with Crippen molar-refractivity contribution in [3.8, 4) is 0 Å². The second-order valence-electron chi connectivity index (χ2n) is 3.28. The van der Waals surface area contributed by atoms with Crippen molar-refractivity contribution in [1.82, 2.24) is 0 Å². The van der Waals surface area contributed by atoms with Crippen LogP contribution in [0.4, 0.5) is 5.69 Å². The van der Waals surface area contributed by atoms with E-state index < -0.39 is 0 Å². The van der Waals surface area contributed by atoms with E-state index in [1.54, 1.807) is 0 Å². The first-order valence-electron chi connectivity index (χ1n) is 4.71. The minimum Gasteiger partial charge on any atom is -0.350 e. The molecule has 1 N–H and O–H groups in total. The highest BCUT2D eigenvalue weighted by Gasteiger charge is 2.06. The molecule has 0 radical (unpaired) electrons. The fourth-order valence-electron chi connectivity index (χ4n) is 1.14. The minimum absolute atomic E-state index is 0.350. The van der Waals surface area contributed by atoms with Gasteiger partial charge in [-0.1, -0.05) is 43.4 Å². The molecular formula is C12H15NS. The van der Waals surface area contributed by atoms with Crippen LogP contribution in [0.2, 0.25) is 0 Å². The average Bonchev–Trinajstić information content (AvgIpc) is 2.19. The lowest BCUT2D eigenvalue weighted by Crippen LogP contribution is -2.17. The topological polar surface area (TPSA) is 12.0 Å². The minimum atomic E-state index is 0.350. The number of rotatable bonds is 4. The molecule has 0 aromatic heterocycles. The quantitative estimate of drug-likeness (QED) is 0.595. The van der Waals surface area contributed by atoms with Gasteiger partial charge in [0.05, 0.1) is 4.99 Å². The molecule has 2 heteroatoms. The molecule has 1 aromatic rings. The number of hydrogen-bond acceptors (Lipinski definition) is 1. The Morgan fingerprint density at radius 2 is 2.14 bits per heavy atom. The lowest BCUT2D eigenvalue weighted by Gasteiger charge is -2.12. The summed E-state index contributed by atoms with van der Waals surface area (Å²) in [6, 6.07) is 9.98. The maximum Gasteiger partial charge on any atom is 0.0828 e. The predicted molar refractivity (Wildman–Crippen MR) is 66.6 cm³/mol. The molecule has 74 valence electrons. The van der Waals surface area contributed by atoms with Gasteiger partial charge in [0, 0.05) is 11.6 Å². The van der Waals surface area contributed by atoms with Gasteiger partial charge in [-0.15, -0.1) is 6.58 Å². The van der Waals surface area contributed by atoms with E-state index in [9.17, 15) is 0 Å². The van der Waals surface area contributed by atoms with E-state index in [1.807, 2.05) is 36.4 Å². The zero-order valence-electron chi connectivity index (χ0n) is 8.36. The number of nitrogens with one attached hydrogen (secondary N) is 1. The van der Waals surface area contributed by atoms with Crippen LogP contribution in [0.1, 0.15) is 13.3 Å². The number of para-hydroxylation sites is 1. The molecule has 0 saturated heterocycles. The molecule has 0 fully saturated rings. The highest BCUT2D eigenvalue weighted by Crippen LogP contribution is 2.11. The van der Waals surface area contributed by atoms with Crippen LogP contribution in [-0.4, -0.2) is 4.99 Å². The molecule has 14 heavy (non-hydrogen) atoms. The number of thiocarbonyl (C=S) groups is 1. The van der Waals surface area contributed by atoms with Crippen LogP contribution < -0.4 is 5.32 Å². The van der Waals surface area contributed by atoms with E-state index in [0.717, 1.165) is 17.1 Å². The van der Waals surface area contributed by atoms with Crippen molar-refractivity contribution < 1.29 is 0 Å². The Morgan fingerprint density at radius 3 is 2.71 bits per heavy atom. The normalized spacial score (nSPS) is 11.8. The fourth-order valence-corrected chi connectivity index (χ4v) is 1.36. The van der Waals surface area contributed by atoms with Gasteiger partial charge >= 0.3 is 0 Å². The van der Waals surface area contributed by atoms with Crippen LogP contribution in [0.15, 0.2) is 43.0 Å². The Kier molecular flexibility index (Phi) is 4.33. The van der Waals surface area contributed by atoms with Crippen molar-refractivity contribution in [2.24, 2.45) is 5.92 Å². The third kappa shape index (κ3) is 3.30. The summed E-state index contributed by atoms with van der Waals surface area (Å²) in [6.07, 6.45) is 2.81. The summed E-state index contributed by atoms with van der Waals surface area (Å²) in [5.74, 6) is 0.350. The Labute approximate surface area is 90.8 Å². The molecule has 1 unspecified atom stereocenters. The zero-order valence-corrected chi connectivity index (χ0v) is 9.18. The van der Waals surface area contributed by atoms with Gasteiger partial charge in [-0.25, -0.2) is 0 Å². The second-order valence-corrected chi connectivity index (χ2v) is 3.72. The molecular weight excluding hydrogens is 190 g/mol.